The predicted octanol–water partition coefficient (Wildman–Crippen LogP) is 4.20. The summed E-state index contributed by atoms with van der Waals surface area (Å²) in [5.74, 6) is 0.900. The zero-order valence-corrected chi connectivity index (χ0v) is 16.5. The van der Waals surface area contributed by atoms with Gasteiger partial charge >= 0.3 is 6.18 Å². The van der Waals surface area contributed by atoms with Crippen LogP contribution in [0.5, 0.6) is 0 Å². The summed E-state index contributed by atoms with van der Waals surface area (Å²) < 4.78 is 38.7. The van der Waals surface area contributed by atoms with Crippen LogP contribution in [0.4, 0.5) is 30.5 Å². The number of para-hydroxylation sites is 1. The second kappa shape index (κ2) is 8.63. The molecule has 6 nitrogen and oxygen atoms in total. The Hall–Kier alpha value is -3.62. The minimum Gasteiger partial charge on any atom is -0.352 e. The third-order valence-electron chi connectivity index (χ3n) is 5.02. The quantitative estimate of drug-likeness (QED) is 0.676. The van der Waals surface area contributed by atoms with Crippen molar-refractivity contribution in [3.63, 3.8) is 0 Å². The summed E-state index contributed by atoms with van der Waals surface area (Å²) in [7, 11) is 0. The Labute approximate surface area is 177 Å². The molecule has 1 N–H and O–H groups in total. The van der Waals surface area contributed by atoms with Crippen molar-refractivity contribution in [1.29, 1.82) is 0 Å². The highest BCUT2D eigenvalue weighted by Crippen LogP contribution is 2.30. The van der Waals surface area contributed by atoms with E-state index >= 15 is 0 Å². The number of anilines is 3. The van der Waals surface area contributed by atoms with Crippen molar-refractivity contribution in [3.05, 3.63) is 77.9 Å². The van der Waals surface area contributed by atoms with E-state index in [1.54, 1.807) is 4.90 Å². The number of carbonyl (C=O) groups excluding carboxylic acids is 1. The van der Waals surface area contributed by atoms with Crippen molar-refractivity contribution in [2.45, 2.75) is 6.18 Å². The largest absolute Gasteiger partial charge is 0.416 e. The minimum absolute atomic E-state index is 0.0411. The first-order valence-electron chi connectivity index (χ1n) is 9.77. The number of benzene rings is 2. The maximum Gasteiger partial charge on any atom is 0.416 e. The Morgan fingerprint density at radius 2 is 1.61 bits per heavy atom. The molecule has 1 amide bonds. The van der Waals surface area contributed by atoms with Gasteiger partial charge in [0.2, 0.25) is 0 Å². The Morgan fingerprint density at radius 1 is 0.871 bits per heavy atom. The second-order valence-corrected chi connectivity index (χ2v) is 7.13. The normalized spacial score (nSPS) is 14.4. The molecule has 3 aromatic rings. The SMILES string of the molecule is O=C(c1cccc(C(F)(F)F)c1)N1CCN(c2ccc(Nc3ccccc3)nn2)CC1. The van der Waals surface area contributed by atoms with E-state index in [1.165, 1.54) is 12.1 Å². The van der Waals surface area contributed by atoms with Crippen LogP contribution in [0.1, 0.15) is 15.9 Å². The molecule has 1 aliphatic heterocycles. The van der Waals surface area contributed by atoms with Gasteiger partial charge in [-0.25, -0.2) is 0 Å². The number of amides is 1. The van der Waals surface area contributed by atoms with Gasteiger partial charge in [0.1, 0.15) is 0 Å². The Kier molecular flexibility index (Phi) is 5.75. The van der Waals surface area contributed by atoms with Gasteiger partial charge in [-0.1, -0.05) is 24.3 Å². The molecule has 0 unspecified atom stereocenters. The Bertz CT molecular complexity index is 1030. The highest BCUT2D eigenvalue weighted by Gasteiger charge is 2.31. The monoisotopic (exact) mass is 427 g/mol. The van der Waals surface area contributed by atoms with Gasteiger partial charge in [-0.2, -0.15) is 13.2 Å². The van der Waals surface area contributed by atoms with Crippen LogP contribution < -0.4 is 10.2 Å². The number of hydrogen-bond donors (Lipinski definition) is 1. The van der Waals surface area contributed by atoms with Crippen molar-refractivity contribution in [2.24, 2.45) is 0 Å². The molecule has 1 aromatic heterocycles. The molecule has 0 spiro atoms. The number of alkyl halides is 3. The molecule has 2 heterocycles. The summed E-state index contributed by atoms with van der Waals surface area (Å²) in [6, 6.07) is 17.8. The first-order chi connectivity index (χ1) is 14.9. The third-order valence-corrected chi connectivity index (χ3v) is 5.02. The van der Waals surface area contributed by atoms with E-state index < -0.39 is 17.6 Å². The van der Waals surface area contributed by atoms with Gasteiger partial charge in [0.15, 0.2) is 11.6 Å². The van der Waals surface area contributed by atoms with Crippen molar-refractivity contribution in [1.82, 2.24) is 15.1 Å². The number of carbonyl (C=O) groups is 1. The molecule has 31 heavy (non-hydrogen) atoms. The van der Waals surface area contributed by atoms with E-state index in [1.807, 2.05) is 47.4 Å². The smallest absolute Gasteiger partial charge is 0.352 e. The lowest BCUT2D eigenvalue weighted by Gasteiger charge is -2.35. The topological polar surface area (TPSA) is 61.4 Å². The molecule has 160 valence electrons. The van der Waals surface area contributed by atoms with E-state index in [0.717, 1.165) is 17.8 Å². The van der Waals surface area contributed by atoms with E-state index in [2.05, 4.69) is 15.5 Å². The summed E-state index contributed by atoms with van der Waals surface area (Å²) in [6.45, 7) is 1.82. The standard InChI is InChI=1S/C22H20F3N5O/c23-22(24,25)17-6-4-5-16(15-17)21(31)30-13-11-29(12-14-30)20-10-9-19(27-28-20)26-18-7-2-1-3-8-18/h1-10,15H,11-14H2,(H,26,27). The predicted molar refractivity (Wildman–Crippen MR) is 111 cm³/mol. The first-order valence-corrected chi connectivity index (χ1v) is 9.77. The summed E-state index contributed by atoms with van der Waals surface area (Å²) in [5.41, 5.74) is 0.127. The molecule has 4 rings (SSSR count). The van der Waals surface area contributed by atoms with Gasteiger partial charge < -0.3 is 15.1 Å². The maximum atomic E-state index is 12.9. The van der Waals surface area contributed by atoms with Crippen LogP contribution in [0.2, 0.25) is 0 Å². The van der Waals surface area contributed by atoms with E-state index in [4.69, 9.17) is 0 Å². The van der Waals surface area contributed by atoms with E-state index in [0.29, 0.717) is 37.8 Å². The van der Waals surface area contributed by atoms with E-state index in [9.17, 15) is 18.0 Å². The van der Waals surface area contributed by atoms with Crippen LogP contribution in [0.25, 0.3) is 0 Å². The van der Waals surface area contributed by atoms with Crippen LogP contribution >= 0.6 is 0 Å². The zero-order chi connectivity index (χ0) is 21.8. The van der Waals surface area contributed by atoms with Crippen LogP contribution in [0.3, 0.4) is 0 Å². The molecule has 0 aliphatic carbocycles. The Morgan fingerprint density at radius 3 is 2.26 bits per heavy atom. The molecule has 9 heteroatoms. The number of rotatable bonds is 4. The lowest BCUT2D eigenvalue weighted by atomic mass is 10.1. The molecule has 0 radical (unpaired) electrons. The highest BCUT2D eigenvalue weighted by molar-refractivity contribution is 5.94. The highest BCUT2D eigenvalue weighted by atomic mass is 19.4. The fourth-order valence-corrected chi connectivity index (χ4v) is 3.38. The van der Waals surface area contributed by atoms with Crippen molar-refractivity contribution in [2.75, 3.05) is 36.4 Å². The van der Waals surface area contributed by atoms with Crippen molar-refractivity contribution < 1.29 is 18.0 Å². The number of halogens is 3. The van der Waals surface area contributed by atoms with Crippen molar-refractivity contribution >= 4 is 23.2 Å². The van der Waals surface area contributed by atoms with Crippen LogP contribution in [-0.2, 0) is 6.18 Å². The average Bonchev–Trinajstić information content (AvgIpc) is 2.79. The molecule has 0 atom stereocenters. The zero-order valence-electron chi connectivity index (χ0n) is 16.5. The fraction of sp³-hybridized carbons (Fsp3) is 0.227. The Balaban J connectivity index is 1.36. The van der Waals surface area contributed by atoms with Gasteiger partial charge in [0, 0.05) is 37.4 Å². The van der Waals surface area contributed by atoms with Gasteiger partial charge in [-0.05, 0) is 42.5 Å². The summed E-state index contributed by atoms with van der Waals surface area (Å²) in [6.07, 6.45) is -4.48. The third kappa shape index (κ3) is 4.93. The first kappa shape index (κ1) is 20.6. The van der Waals surface area contributed by atoms with Gasteiger partial charge in [-0.15, -0.1) is 10.2 Å². The molecular formula is C22H20F3N5O. The molecule has 1 saturated heterocycles. The van der Waals surface area contributed by atoms with Gasteiger partial charge in [0.25, 0.3) is 5.91 Å². The van der Waals surface area contributed by atoms with Gasteiger partial charge in [0.05, 0.1) is 5.56 Å². The van der Waals surface area contributed by atoms with Crippen molar-refractivity contribution in [3.8, 4) is 0 Å². The van der Waals surface area contributed by atoms with Crippen LogP contribution in [0.15, 0.2) is 66.7 Å². The summed E-state index contributed by atoms with van der Waals surface area (Å²) in [5, 5.41) is 11.6. The van der Waals surface area contributed by atoms with Gasteiger partial charge in [-0.3, -0.25) is 4.79 Å². The molecule has 0 bridgehead atoms. The maximum absolute atomic E-state index is 12.9. The number of nitrogens with one attached hydrogen (secondary N) is 1. The minimum atomic E-state index is -4.48. The lowest BCUT2D eigenvalue weighted by molar-refractivity contribution is -0.137. The average molecular weight is 427 g/mol. The molecule has 1 fully saturated rings. The number of piperazine rings is 1. The molecular weight excluding hydrogens is 407 g/mol. The number of nitrogens with zero attached hydrogens (tertiary/aromatic N) is 4. The van der Waals surface area contributed by atoms with E-state index in [-0.39, 0.29) is 5.56 Å². The molecule has 0 saturated carbocycles. The number of aromatic nitrogens is 2. The lowest BCUT2D eigenvalue weighted by Crippen LogP contribution is -2.49. The second-order valence-electron chi connectivity index (χ2n) is 7.13. The molecule has 1 aliphatic rings. The summed E-state index contributed by atoms with van der Waals surface area (Å²) >= 11 is 0. The van der Waals surface area contributed by atoms with Crippen LogP contribution in [0, 0.1) is 0 Å². The summed E-state index contributed by atoms with van der Waals surface area (Å²) in [4.78, 5) is 16.2. The molecule has 2 aromatic carbocycles. The number of hydrogen-bond acceptors (Lipinski definition) is 5. The fourth-order valence-electron chi connectivity index (χ4n) is 3.38. The van der Waals surface area contributed by atoms with Crippen LogP contribution in [-0.4, -0.2) is 47.2 Å².